The van der Waals surface area contributed by atoms with Gasteiger partial charge in [-0.25, -0.2) is 9.86 Å². The van der Waals surface area contributed by atoms with E-state index in [1.165, 1.54) is 32.1 Å². The molecule has 1 saturated heterocycles. The van der Waals surface area contributed by atoms with Gasteiger partial charge in [0.1, 0.15) is 0 Å². The zero-order valence-electron chi connectivity index (χ0n) is 13.7. The number of amides is 1. The average molecular weight is 343 g/mol. The van der Waals surface area contributed by atoms with E-state index in [-0.39, 0.29) is 11.8 Å². The molecule has 0 spiro atoms. The Morgan fingerprint density at radius 2 is 1.87 bits per heavy atom. The number of piperidine rings is 1. The van der Waals surface area contributed by atoms with Gasteiger partial charge >= 0.3 is 0 Å². The number of nitrogens with one attached hydrogen (secondary N) is 1. The van der Waals surface area contributed by atoms with Crippen molar-refractivity contribution in [2.75, 3.05) is 19.6 Å². The molecule has 3 rings (SSSR count). The predicted molar refractivity (Wildman–Crippen MR) is 88.6 cm³/mol. The standard InChI is InChI=1S/C16H29N3O3S/c17-23(21,22)18-10-12-5-4-8-19(11-12)16(20)15-9-14(15)13-6-2-1-3-7-13/h12-15,18H,1-11H2,(H2,17,21,22)/t12-,14+,15-/m0/s1. The van der Waals surface area contributed by atoms with Gasteiger partial charge in [-0.15, -0.1) is 0 Å². The van der Waals surface area contributed by atoms with Gasteiger partial charge in [0, 0.05) is 25.6 Å². The third-order valence-electron chi connectivity index (χ3n) is 5.82. The summed E-state index contributed by atoms with van der Waals surface area (Å²) in [5.74, 6) is 2.11. The summed E-state index contributed by atoms with van der Waals surface area (Å²) in [6.45, 7) is 1.81. The molecule has 3 atom stereocenters. The average Bonchev–Trinajstić information content (AvgIpc) is 3.33. The third-order valence-corrected chi connectivity index (χ3v) is 6.39. The van der Waals surface area contributed by atoms with E-state index in [2.05, 4.69) is 4.72 Å². The van der Waals surface area contributed by atoms with E-state index in [1.807, 2.05) is 4.90 Å². The fraction of sp³-hybridized carbons (Fsp3) is 0.938. The van der Waals surface area contributed by atoms with E-state index in [9.17, 15) is 13.2 Å². The number of hydrogen-bond acceptors (Lipinski definition) is 3. The molecule has 2 saturated carbocycles. The van der Waals surface area contributed by atoms with Crippen molar-refractivity contribution in [2.24, 2.45) is 28.8 Å². The van der Waals surface area contributed by atoms with Gasteiger partial charge in [-0.3, -0.25) is 4.79 Å². The van der Waals surface area contributed by atoms with Crippen LogP contribution >= 0.6 is 0 Å². The molecule has 132 valence electrons. The molecule has 0 bridgehead atoms. The second-order valence-corrected chi connectivity index (χ2v) is 8.97. The van der Waals surface area contributed by atoms with Crippen molar-refractivity contribution in [2.45, 2.75) is 51.4 Å². The Hall–Kier alpha value is -0.660. The first-order valence-corrected chi connectivity index (χ1v) is 10.5. The van der Waals surface area contributed by atoms with Gasteiger partial charge in [0.2, 0.25) is 5.91 Å². The Morgan fingerprint density at radius 1 is 1.13 bits per heavy atom. The van der Waals surface area contributed by atoms with Gasteiger partial charge in [-0.2, -0.15) is 8.42 Å². The molecule has 0 radical (unpaired) electrons. The van der Waals surface area contributed by atoms with Crippen LogP contribution < -0.4 is 9.86 Å². The van der Waals surface area contributed by atoms with E-state index >= 15 is 0 Å². The second kappa shape index (κ2) is 7.07. The maximum atomic E-state index is 12.7. The zero-order valence-corrected chi connectivity index (χ0v) is 14.6. The van der Waals surface area contributed by atoms with Crippen molar-refractivity contribution < 1.29 is 13.2 Å². The van der Waals surface area contributed by atoms with Crippen molar-refractivity contribution >= 4 is 16.1 Å². The third kappa shape index (κ3) is 4.67. The minimum atomic E-state index is -3.64. The van der Waals surface area contributed by atoms with Crippen LogP contribution in [0.5, 0.6) is 0 Å². The molecule has 1 heterocycles. The van der Waals surface area contributed by atoms with Crippen molar-refractivity contribution in [3.63, 3.8) is 0 Å². The minimum absolute atomic E-state index is 0.179. The summed E-state index contributed by atoms with van der Waals surface area (Å²) >= 11 is 0. The van der Waals surface area contributed by atoms with Gasteiger partial charge < -0.3 is 4.90 Å². The number of nitrogens with zero attached hydrogens (tertiary/aromatic N) is 1. The van der Waals surface area contributed by atoms with E-state index in [1.54, 1.807) is 0 Å². The lowest BCUT2D eigenvalue weighted by atomic mass is 9.85. The minimum Gasteiger partial charge on any atom is -0.342 e. The highest BCUT2D eigenvalue weighted by Crippen LogP contribution is 2.50. The highest BCUT2D eigenvalue weighted by molar-refractivity contribution is 7.87. The molecule has 1 aliphatic heterocycles. The lowest BCUT2D eigenvalue weighted by Crippen LogP contribution is -2.45. The molecule has 7 heteroatoms. The lowest BCUT2D eigenvalue weighted by Gasteiger charge is -2.33. The van der Waals surface area contributed by atoms with E-state index in [0.29, 0.717) is 24.9 Å². The van der Waals surface area contributed by atoms with Gasteiger partial charge in [-0.1, -0.05) is 32.1 Å². The fourth-order valence-corrected chi connectivity index (χ4v) is 4.95. The van der Waals surface area contributed by atoms with E-state index in [4.69, 9.17) is 5.14 Å². The molecular formula is C16H29N3O3S. The Labute approximate surface area is 139 Å². The Bertz CT molecular complexity index is 531. The zero-order chi connectivity index (χ0) is 16.4. The Morgan fingerprint density at radius 3 is 2.57 bits per heavy atom. The lowest BCUT2D eigenvalue weighted by molar-refractivity contribution is -0.134. The molecule has 2 aliphatic carbocycles. The van der Waals surface area contributed by atoms with Crippen LogP contribution in [0.25, 0.3) is 0 Å². The van der Waals surface area contributed by atoms with Crippen LogP contribution in [0.4, 0.5) is 0 Å². The van der Waals surface area contributed by atoms with Crippen molar-refractivity contribution in [1.82, 2.24) is 9.62 Å². The van der Waals surface area contributed by atoms with Crippen molar-refractivity contribution in [3.8, 4) is 0 Å². The smallest absolute Gasteiger partial charge is 0.274 e. The SMILES string of the molecule is NS(=O)(=O)NC[C@@H]1CCCN(C(=O)[C@H]2C[C@@H]2C2CCCCC2)C1. The number of hydrogen-bond donors (Lipinski definition) is 2. The molecule has 0 unspecified atom stereocenters. The highest BCUT2D eigenvalue weighted by Gasteiger charge is 2.49. The topological polar surface area (TPSA) is 92.5 Å². The number of carbonyl (C=O) groups excluding carboxylic acids is 1. The van der Waals surface area contributed by atoms with Crippen LogP contribution in [-0.4, -0.2) is 38.9 Å². The summed E-state index contributed by atoms with van der Waals surface area (Å²) in [5.41, 5.74) is 0. The molecule has 0 aromatic heterocycles. The quantitative estimate of drug-likeness (QED) is 0.786. The van der Waals surface area contributed by atoms with Gasteiger partial charge in [0.15, 0.2) is 0 Å². The first-order chi connectivity index (χ1) is 10.9. The number of likely N-dealkylation sites (tertiary alicyclic amines) is 1. The summed E-state index contributed by atoms with van der Waals surface area (Å²) in [5, 5.41) is 4.99. The molecule has 0 aromatic rings. The molecule has 0 aromatic carbocycles. The van der Waals surface area contributed by atoms with Crippen molar-refractivity contribution in [1.29, 1.82) is 0 Å². The molecular weight excluding hydrogens is 314 g/mol. The molecule has 3 N–H and O–H groups in total. The molecule has 6 nitrogen and oxygen atoms in total. The van der Waals surface area contributed by atoms with Crippen LogP contribution in [0, 0.1) is 23.7 Å². The molecule has 3 fully saturated rings. The largest absolute Gasteiger partial charge is 0.342 e. The normalized spacial score (nSPS) is 32.7. The van der Waals surface area contributed by atoms with Crippen LogP contribution in [0.2, 0.25) is 0 Å². The van der Waals surface area contributed by atoms with Gasteiger partial charge in [0.05, 0.1) is 0 Å². The van der Waals surface area contributed by atoms with Crippen LogP contribution in [0.1, 0.15) is 51.4 Å². The maximum Gasteiger partial charge on any atom is 0.274 e. The van der Waals surface area contributed by atoms with Crippen LogP contribution in [0.15, 0.2) is 0 Å². The fourth-order valence-electron chi connectivity index (χ4n) is 4.48. The maximum absolute atomic E-state index is 12.7. The number of rotatable bonds is 5. The van der Waals surface area contributed by atoms with Gasteiger partial charge in [0.25, 0.3) is 10.2 Å². The summed E-state index contributed by atoms with van der Waals surface area (Å²) < 4.78 is 24.4. The predicted octanol–water partition coefficient (Wildman–Crippen LogP) is 1.23. The Balaban J connectivity index is 1.48. The summed E-state index contributed by atoms with van der Waals surface area (Å²) in [6, 6.07) is 0. The van der Waals surface area contributed by atoms with Gasteiger partial charge in [-0.05, 0) is 37.0 Å². The highest BCUT2D eigenvalue weighted by atomic mass is 32.2. The number of carbonyl (C=O) groups is 1. The Kier molecular flexibility index (Phi) is 5.28. The van der Waals surface area contributed by atoms with E-state index in [0.717, 1.165) is 31.7 Å². The van der Waals surface area contributed by atoms with E-state index < -0.39 is 10.2 Å². The molecule has 3 aliphatic rings. The first kappa shape index (κ1) is 17.2. The molecule has 1 amide bonds. The summed E-state index contributed by atoms with van der Waals surface area (Å²) in [6.07, 6.45) is 9.57. The summed E-state index contributed by atoms with van der Waals surface area (Å²) in [7, 11) is -3.64. The van der Waals surface area contributed by atoms with Crippen molar-refractivity contribution in [3.05, 3.63) is 0 Å². The summed E-state index contributed by atoms with van der Waals surface area (Å²) in [4.78, 5) is 14.7. The molecule has 23 heavy (non-hydrogen) atoms. The van der Waals surface area contributed by atoms with Crippen LogP contribution in [0.3, 0.4) is 0 Å². The first-order valence-electron chi connectivity index (χ1n) is 9.00. The monoisotopic (exact) mass is 343 g/mol. The van der Waals surface area contributed by atoms with Crippen LogP contribution in [-0.2, 0) is 15.0 Å². The number of nitrogens with two attached hydrogens (primary N) is 1. The second-order valence-electron chi connectivity index (χ2n) is 7.59.